The number of hydrogen-bond acceptors (Lipinski definition) is 5. The molecule has 1 aliphatic rings. The highest BCUT2D eigenvalue weighted by Crippen LogP contribution is 2.41. The van der Waals surface area contributed by atoms with Crippen molar-refractivity contribution >= 4 is 27.2 Å². The Bertz CT molecular complexity index is 1580. The summed E-state index contributed by atoms with van der Waals surface area (Å²) in [6.07, 6.45) is 3.89. The zero-order valence-corrected chi connectivity index (χ0v) is 23.6. The minimum Gasteiger partial charge on any atom is -0.497 e. The maximum absolute atomic E-state index is 14.0. The maximum Gasteiger partial charge on any atom is 0.195 e. The van der Waals surface area contributed by atoms with E-state index in [4.69, 9.17) is 9.47 Å². The molecule has 4 aromatic carbocycles. The number of hydrogen-bond donors (Lipinski definition) is 0. The van der Waals surface area contributed by atoms with Crippen molar-refractivity contribution in [2.24, 2.45) is 0 Å². The summed E-state index contributed by atoms with van der Waals surface area (Å²) in [4.78, 5) is 17.4. The third kappa shape index (κ3) is 5.67. The van der Waals surface area contributed by atoms with Crippen molar-refractivity contribution < 1.29 is 14.3 Å². The summed E-state index contributed by atoms with van der Waals surface area (Å²) in [5, 5.41) is 0.944. The van der Waals surface area contributed by atoms with Gasteiger partial charge in [0.2, 0.25) is 0 Å². The average Bonchev–Trinajstić information content (AvgIpc) is 3.41. The van der Waals surface area contributed by atoms with E-state index in [2.05, 4.69) is 41.3 Å². The number of likely N-dealkylation sites (tertiary alicyclic amines) is 1. The van der Waals surface area contributed by atoms with Crippen LogP contribution >= 0.6 is 11.3 Å². The van der Waals surface area contributed by atoms with E-state index in [1.54, 1.807) is 18.4 Å². The predicted molar refractivity (Wildman–Crippen MR) is 165 cm³/mol. The zero-order chi connectivity index (χ0) is 27.3. The van der Waals surface area contributed by atoms with E-state index >= 15 is 0 Å². The molecule has 1 fully saturated rings. The number of piperidine rings is 1. The smallest absolute Gasteiger partial charge is 0.195 e. The number of carbonyl (C=O) groups is 1. The number of benzene rings is 4. The first-order chi connectivity index (χ1) is 19.7. The largest absolute Gasteiger partial charge is 0.497 e. The van der Waals surface area contributed by atoms with Crippen LogP contribution in [0, 0.1) is 0 Å². The second-order valence-electron chi connectivity index (χ2n) is 10.2. The standard InChI is InChI=1S/C35H33NO3S/c1-38-30-18-19-31-32(24-30)40-35(28-12-10-26(11-13-28)25-8-4-2-5-9-25)33(31)34(37)27-14-16-29(17-15-27)39-23-22-36-20-6-3-7-21-36/h2,4-5,8-19,24H,3,6-7,20-23H2,1H3. The molecule has 6 rings (SSSR count). The third-order valence-corrected chi connectivity index (χ3v) is 8.82. The quantitative estimate of drug-likeness (QED) is 0.174. The summed E-state index contributed by atoms with van der Waals surface area (Å²) >= 11 is 1.63. The van der Waals surface area contributed by atoms with Gasteiger partial charge in [0.25, 0.3) is 0 Å². The topological polar surface area (TPSA) is 38.8 Å². The first-order valence-corrected chi connectivity index (χ1v) is 14.8. The maximum atomic E-state index is 14.0. The van der Waals surface area contributed by atoms with E-state index in [1.165, 1.54) is 24.8 Å². The van der Waals surface area contributed by atoms with Crippen LogP contribution in [0.1, 0.15) is 35.2 Å². The van der Waals surface area contributed by atoms with Crippen LogP contribution in [0.2, 0.25) is 0 Å². The molecule has 0 bridgehead atoms. The van der Waals surface area contributed by atoms with E-state index in [0.29, 0.717) is 12.2 Å². The average molecular weight is 548 g/mol. The molecular formula is C35H33NO3S. The summed E-state index contributed by atoms with van der Waals surface area (Å²) in [5.74, 6) is 1.59. The highest BCUT2D eigenvalue weighted by Gasteiger charge is 2.22. The van der Waals surface area contributed by atoms with Crippen molar-refractivity contribution in [2.75, 3.05) is 33.4 Å². The molecule has 5 heteroatoms. The van der Waals surface area contributed by atoms with Gasteiger partial charge in [-0.1, -0.05) is 61.0 Å². The van der Waals surface area contributed by atoms with Crippen LogP contribution in [0.15, 0.2) is 97.1 Å². The Labute approximate surface area is 239 Å². The molecule has 1 aliphatic heterocycles. The number of ether oxygens (including phenoxy) is 2. The van der Waals surface area contributed by atoms with Crippen molar-refractivity contribution in [1.29, 1.82) is 0 Å². The fourth-order valence-electron chi connectivity index (χ4n) is 5.40. The van der Waals surface area contributed by atoms with E-state index in [1.807, 2.05) is 60.7 Å². The lowest BCUT2D eigenvalue weighted by Gasteiger charge is -2.26. The van der Waals surface area contributed by atoms with E-state index in [-0.39, 0.29) is 5.78 Å². The molecule has 0 spiro atoms. The van der Waals surface area contributed by atoms with Gasteiger partial charge < -0.3 is 9.47 Å². The highest BCUT2D eigenvalue weighted by molar-refractivity contribution is 7.22. The number of methoxy groups -OCH3 is 1. The summed E-state index contributed by atoms with van der Waals surface area (Å²) in [6, 6.07) is 32.3. The second-order valence-corrected chi connectivity index (χ2v) is 11.3. The minimum atomic E-state index is 0.0124. The van der Waals surface area contributed by atoms with Gasteiger partial charge in [0, 0.05) is 32.6 Å². The van der Waals surface area contributed by atoms with Gasteiger partial charge in [0.1, 0.15) is 18.1 Å². The fraction of sp³-hybridized carbons (Fsp3) is 0.229. The Hall–Kier alpha value is -3.93. The van der Waals surface area contributed by atoms with Gasteiger partial charge in [-0.2, -0.15) is 0 Å². The lowest BCUT2D eigenvalue weighted by atomic mass is 9.96. The normalized spacial score (nSPS) is 13.8. The van der Waals surface area contributed by atoms with Crippen LogP contribution in [0.25, 0.3) is 31.7 Å². The lowest BCUT2D eigenvalue weighted by molar-refractivity contribution is 0.104. The molecule has 0 radical (unpaired) electrons. The second kappa shape index (κ2) is 12.1. The Morgan fingerprint density at radius 1 is 0.775 bits per heavy atom. The first kappa shape index (κ1) is 26.3. The Morgan fingerprint density at radius 2 is 1.45 bits per heavy atom. The number of rotatable bonds is 9. The summed E-state index contributed by atoms with van der Waals surface area (Å²) in [5.41, 5.74) is 4.73. The van der Waals surface area contributed by atoms with Crippen molar-refractivity contribution in [3.8, 4) is 33.1 Å². The molecule has 2 heterocycles. The lowest BCUT2D eigenvalue weighted by Crippen LogP contribution is -2.33. The van der Waals surface area contributed by atoms with E-state index in [0.717, 1.165) is 62.8 Å². The Balaban J connectivity index is 1.27. The number of ketones is 1. The van der Waals surface area contributed by atoms with E-state index < -0.39 is 0 Å². The third-order valence-electron chi connectivity index (χ3n) is 7.62. The fourth-order valence-corrected chi connectivity index (χ4v) is 6.63. The Morgan fingerprint density at radius 3 is 2.17 bits per heavy atom. The van der Waals surface area contributed by atoms with Crippen LogP contribution in [-0.4, -0.2) is 44.0 Å². The van der Waals surface area contributed by atoms with E-state index in [9.17, 15) is 4.79 Å². The van der Waals surface area contributed by atoms with Crippen molar-refractivity contribution in [3.05, 3.63) is 108 Å². The van der Waals surface area contributed by atoms with Gasteiger partial charge in [-0.3, -0.25) is 9.69 Å². The van der Waals surface area contributed by atoms with Crippen molar-refractivity contribution in [2.45, 2.75) is 19.3 Å². The molecule has 0 unspecified atom stereocenters. The molecule has 4 nitrogen and oxygen atoms in total. The van der Waals surface area contributed by atoms with Gasteiger partial charge in [0.05, 0.1) is 7.11 Å². The number of fused-ring (bicyclic) bond motifs is 1. The van der Waals surface area contributed by atoms with Crippen LogP contribution in [0.4, 0.5) is 0 Å². The summed E-state index contributed by atoms with van der Waals surface area (Å²) < 4.78 is 12.5. The van der Waals surface area contributed by atoms with Gasteiger partial charge in [-0.05, 0) is 85.1 Å². The molecule has 5 aromatic rings. The molecule has 1 saturated heterocycles. The molecular weight excluding hydrogens is 514 g/mol. The molecule has 202 valence electrons. The number of carbonyl (C=O) groups excluding carboxylic acids is 1. The summed E-state index contributed by atoms with van der Waals surface area (Å²) in [6.45, 7) is 3.92. The van der Waals surface area contributed by atoms with Crippen LogP contribution in [-0.2, 0) is 0 Å². The van der Waals surface area contributed by atoms with Crippen molar-refractivity contribution in [1.82, 2.24) is 4.90 Å². The molecule has 0 atom stereocenters. The van der Waals surface area contributed by atoms with Gasteiger partial charge in [0.15, 0.2) is 5.78 Å². The van der Waals surface area contributed by atoms with Gasteiger partial charge in [-0.15, -0.1) is 11.3 Å². The summed E-state index contributed by atoms with van der Waals surface area (Å²) in [7, 11) is 1.67. The predicted octanol–water partition coefficient (Wildman–Crippen LogP) is 8.34. The number of thiophene rings is 1. The molecule has 1 aromatic heterocycles. The zero-order valence-electron chi connectivity index (χ0n) is 22.8. The first-order valence-electron chi connectivity index (χ1n) is 14.0. The van der Waals surface area contributed by atoms with Crippen LogP contribution in [0.3, 0.4) is 0 Å². The molecule has 40 heavy (non-hydrogen) atoms. The Kier molecular flexibility index (Phi) is 7.94. The minimum absolute atomic E-state index is 0.0124. The molecule has 0 amide bonds. The number of nitrogens with zero attached hydrogens (tertiary/aromatic N) is 1. The van der Waals surface area contributed by atoms with Gasteiger partial charge in [-0.25, -0.2) is 0 Å². The van der Waals surface area contributed by atoms with Gasteiger partial charge >= 0.3 is 0 Å². The molecule has 0 aliphatic carbocycles. The van der Waals surface area contributed by atoms with Crippen LogP contribution < -0.4 is 9.47 Å². The highest BCUT2D eigenvalue weighted by atomic mass is 32.1. The SMILES string of the molecule is COc1ccc2c(C(=O)c3ccc(OCCN4CCCCC4)cc3)c(-c3ccc(-c4ccccc4)cc3)sc2c1. The van der Waals surface area contributed by atoms with Crippen molar-refractivity contribution in [3.63, 3.8) is 0 Å². The molecule has 0 N–H and O–H groups in total. The monoisotopic (exact) mass is 547 g/mol. The molecule has 0 saturated carbocycles. The van der Waals surface area contributed by atoms with Crippen LogP contribution in [0.5, 0.6) is 11.5 Å².